The van der Waals surface area contributed by atoms with Crippen LogP contribution in [0, 0.1) is 6.92 Å². The molecule has 0 aliphatic rings. The molecule has 28 heavy (non-hydrogen) atoms. The van der Waals surface area contributed by atoms with Crippen molar-refractivity contribution in [2.75, 3.05) is 10.0 Å². The van der Waals surface area contributed by atoms with E-state index in [4.69, 9.17) is 0 Å². The minimum atomic E-state index is -3.33. The van der Waals surface area contributed by atoms with E-state index in [-0.39, 0.29) is 0 Å². The smallest absolute Gasteiger partial charge is 0.235 e. The number of sulfonamides is 1. The third-order valence-corrected chi connectivity index (χ3v) is 6.14. The number of nitrogens with zero attached hydrogens (tertiary/aromatic N) is 2. The average molecular weight is 397 g/mol. The lowest BCUT2D eigenvalue weighted by Gasteiger charge is -2.11. The Bertz CT molecular complexity index is 1030. The van der Waals surface area contributed by atoms with E-state index >= 15 is 0 Å². The Balaban J connectivity index is 1.61. The molecule has 2 N–H and O–H groups in total. The molecular weight excluding hydrogens is 372 g/mol. The zero-order valence-corrected chi connectivity index (χ0v) is 17.0. The molecule has 1 heterocycles. The fraction of sp³-hybridized carbons (Fsp3) is 0.238. The third kappa shape index (κ3) is 4.86. The maximum Gasteiger partial charge on any atom is 0.235 e. The van der Waals surface area contributed by atoms with Crippen LogP contribution in [0.2, 0.25) is 0 Å². The number of hydrogen-bond donors (Lipinski definition) is 2. The Morgan fingerprint density at radius 3 is 2.29 bits per heavy atom. The summed E-state index contributed by atoms with van der Waals surface area (Å²) in [7, 11) is -3.33. The first-order valence-corrected chi connectivity index (χ1v) is 10.6. The van der Waals surface area contributed by atoms with Crippen LogP contribution in [0.25, 0.3) is 11.3 Å². The summed E-state index contributed by atoms with van der Waals surface area (Å²) >= 11 is 0. The van der Waals surface area contributed by atoms with Crippen LogP contribution in [0.1, 0.15) is 25.0 Å². The second-order valence-corrected chi connectivity index (χ2v) is 9.09. The van der Waals surface area contributed by atoms with Gasteiger partial charge in [-0.2, -0.15) is 0 Å². The van der Waals surface area contributed by atoms with E-state index in [0.29, 0.717) is 18.1 Å². The highest BCUT2D eigenvalue weighted by Crippen LogP contribution is 2.21. The van der Waals surface area contributed by atoms with Crippen LogP contribution in [0.15, 0.2) is 60.9 Å². The Morgan fingerprint density at radius 1 is 0.964 bits per heavy atom. The second-order valence-electron chi connectivity index (χ2n) is 6.85. The van der Waals surface area contributed by atoms with E-state index in [1.54, 1.807) is 38.4 Å². The summed E-state index contributed by atoms with van der Waals surface area (Å²) in [5.41, 5.74) is 4.63. The SMILES string of the molecule is Cc1ccccc1-c1cnc(NCc2ccc(NS(=O)(=O)C(C)C)cc2)cn1. The number of aryl methyl sites for hydroxylation is 1. The first kappa shape index (κ1) is 19.8. The largest absolute Gasteiger partial charge is 0.365 e. The molecule has 3 aromatic rings. The molecule has 0 aliphatic carbocycles. The molecule has 0 saturated heterocycles. The van der Waals surface area contributed by atoms with Gasteiger partial charge in [0, 0.05) is 17.8 Å². The summed E-state index contributed by atoms with van der Waals surface area (Å²) < 4.78 is 26.4. The summed E-state index contributed by atoms with van der Waals surface area (Å²) in [4.78, 5) is 8.92. The number of nitrogens with one attached hydrogen (secondary N) is 2. The van der Waals surface area contributed by atoms with Crippen molar-refractivity contribution in [3.05, 3.63) is 72.1 Å². The van der Waals surface area contributed by atoms with Gasteiger partial charge in [-0.25, -0.2) is 13.4 Å². The number of rotatable bonds is 7. The van der Waals surface area contributed by atoms with Crippen LogP contribution in [0.4, 0.5) is 11.5 Å². The van der Waals surface area contributed by atoms with E-state index in [1.807, 2.05) is 43.3 Å². The predicted molar refractivity (Wildman–Crippen MR) is 114 cm³/mol. The van der Waals surface area contributed by atoms with Gasteiger partial charge in [0.2, 0.25) is 10.0 Å². The first-order valence-electron chi connectivity index (χ1n) is 9.07. The Kier molecular flexibility index (Phi) is 5.94. The Labute approximate surface area is 166 Å². The highest BCUT2D eigenvalue weighted by atomic mass is 32.2. The predicted octanol–water partition coefficient (Wildman–Crippen LogP) is 4.21. The lowest BCUT2D eigenvalue weighted by Crippen LogP contribution is -2.22. The van der Waals surface area contributed by atoms with Crippen molar-refractivity contribution in [1.29, 1.82) is 0 Å². The van der Waals surface area contributed by atoms with Gasteiger partial charge in [0.05, 0.1) is 23.3 Å². The summed E-state index contributed by atoms with van der Waals surface area (Å²) in [6.45, 7) is 5.90. The Morgan fingerprint density at radius 2 is 1.68 bits per heavy atom. The van der Waals surface area contributed by atoms with Gasteiger partial charge in [0.15, 0.2) is 0 Å². The maximum absolute atomic E-state index is 11.9. The van der Waals surface area contributed by atoms with Crippen LogP contribution in [-0.2, 0) is 16.6 Å². The van der Waals surface area contributed by atoms with Gasteiger partial charge in [-0.3, -0.25) is 9.71 Å². The van der Waals surface area contributed by atoms with Crippen LogP contribution >= 0.6 is 0 Å². The lowest BCUT2D eigenvalue weighted by atomic mass is 10.1. The molecule has 0 fully saturated rings. The van der Waals surface area contributed by atoms with E-state index < -0.39 is 15.3 Å². The zero-order chi connectivity index (χ0) is 20.1. The highest BCUT2D eigenvalue weighted by molar-refractivity contribution is 7.93. The molecule has 6 nitrogen and oxygen atoms in total. The molecule has 146 valence electrons. The van der Waals surface area contributed by atoms with Crippen molar-refractivity contribution in [2.24, 2.45) is 0 Å². The van der Waals surface area contributed by atoms with E-state index in [2.05, 4.69) is 20.0 Å². The van der Waals surface area contributed by atoms with Crippen LogP contribution < -0.4 is 10.0 Å². The highest BCUT2D eigenvalue weighted by Gasteiger charge is 2.15. The molecule has 0 aliphatic heterocycles. The quantitative estimate of drug-likeness (QED) is 0.625. The van der Waals surface area contributed by atoms with Crippen molar-refractivity contribution in [3.8, 4) is 11.3 Å². The average Bonchev–Trinajstić information content (AvgIpc) is 2.68. The molecule has 0 spiro atoms. The lowest BCUT2D eigenvalue weighted by molar-refractivity contribution is 0.593. The maximum atomic E-state index is 11.9. The van der Waals surface area contributed by atoms with Crippen molar-refractivity contribution in [3.63, 3.8) is 0 Å². The van der Waals surface area contributed by atoms with Gasteiger partial charge < -0.3 is 5.32 Å². The fourth-order valence-corrected chi connectivity index (χ4v) is 3.28. The van der Waals surface area contributed by atoms with Crippen molar-refractivity contribution in [1.82, 2.24) is 9.97 Å². The standard InChI is InChI=1S/C21H24N4O2S/c1-15(2)28(26,27)25-18-10-8-17(9-11-18)12-23-21-14-22-20(13-24-21)19-7-5-4-6-16(19)3/h4-11,13-15,25H,12H2,1-3H3,(H,23,24). The van der Waals surface area contributed by atoms with Gasteiger partial charge in [-0.15, -0.1) is 0 Å². The van der Waals surface area contributed by atoms with Crippen LogP contribution in [-0.4, -0.2) is 23.6 Å². The number of anilines is 2. The van der Waals surface area contributed by atoms with Gasteiger partial charge in [-0.05, 0) is 44.0 Å². The first-order chi connectivity index (χ1) is 13.3. The third-order valence-electron chi connectivity index (χ3n) is 4.38. The summed E-state index contributed by atoms with van der Waals surface area (Å²) in [6.07, 6.45) is 3.47. The molecule has 2 aromatic carbocycles. The van der Waals surface area contributed by atoms with E-state index in [0.717, 1.165) is 22.4 Å². The molecule has 0 bridgehead atoms. The number of benzene rings is 2. The van der Waals surface area contributed by atoms with Gasteiger partial charge in [0.25, 0.3) is 0 Å². The molecule has 0 amide bonds. The minimum absolute atomic E-state index is 0.477. The van der Waals surface area contributed by atoms with Crippen LogP contribution in [0.5, 0.6) is 0 Å². The van der Waals surface area contributed by atoms with Crippen LogP contribution in [0.3, 0.4) is 0 Å². The molecule has 3 rings (SSSR count). The van der Waals surface area contributed by atoms with Crippen molar-refractivity contribution >= 4 is 21.5 Å². The molecule has 0 atom stereocenters. The zero-order valence-electron chi connectivity index (χ0n) is 16.2. The summed E-state index contributed by atoms with van der Waals surface area (Å²) in [5.74, 6) is 0.682. The normalized spacial score (nSPS) is 11.4. The Hall–Kier alpha value is -2.93. The molecule has 0 radical (unpaired) electrons. The van der Waals surface area contributed by atoms with Crippen molar-refractivity contribution in [2.45, 2.75) is 32.6 Å². The minimum Gasteiger partial charge on any atom is -0.365 e. The van der Waals surface area contributed by atoms with Gasteiger partial charge in [0.1, 0.15) is 5.82 Å². The van der Waals surface area contributed by atoms with Gasteiger partial charge in [-0.1, -0.05) is 36.4 Å². The molecule has 7 heteroatoms. The summed E-state index contributed by atoms with van der Waals surface area (Å²) in [5, 5.41) is 2.75. The van der Waals surface area contributed by atoms with Gasteiger partial charge >= 0.3 is 0 Å². The van der Waals surface area contributed by atoms with Crippen molar-refractivity contribution < 1.29 is 8.42 Å². The molecule has 0 saturated carbocycles. The number of aromatic nitrogens is 2. The molecule has 1 aromatic heterocycles. The van der Waals surface area contributed by atoms with E-state index in [1.165, 1.54) is 0 Å². The fourth-order valence-electron chi connectivity index (χ4n) is 2.58. The summed E-state index contributed by atoms with van der Waals surface area (Å²) in [6, 6.07) is 15.3. The topological polar surface area (TPSA) is 84.0 Å². The molecular formula is C21H24N4O2S. The van der Waals surface area contributed by atoms with E-state index in [9.17, 15) is 8.42 Å². The number of hydrogen-bond acceptors (Lipinski definition) is 5. The monoisotopic (exact) mass is 396 g/mol. The second kappa shape index (κ2) is 8.39. The molecule has 0 unspecified atom stereocenters.